The normalized spacial score (nSPS) is 21.1. The number of anilines is 1. The van der Waals surface area contributed by atoms with Crippen LogP contribution in [-0.4, -0.2) is 77.4 Å². The van der Waals surface area contributed by atoms with Crippen LogP contribution in [0.1, 0.15) is 11.8 Å². The number of hydrogen-bond donors (Lipinski definition) is 4. The number of imidazole rings is 1. The van der Waals surface area contributed by atoms with Crippen LogP contribution in [0.25, 0.3) is 26.5 Å². The van der Waals surface area contributed by atoms with Crippen LogP contribution in [0.5, 0.6) is 0 Å². The number of aromatic nitrogens is 4. The Balaban J connectivity index is 1.60. The van der Waals surface area contributed by atoms with Gasteiger partial charge >= 0.3 is 11.9 Å². The predicted molar refractivity (Wildman–Crippen MR) is 124 cm³/mol. The molecule has 1 aliphatic rings. The van der Waals surface area contributed by atoms with E-state index in [0.717, 1.165) is 10.9 Å². The second kappa shape index (κ2) is 10.2. The quantitative estimate of drug-likeness (QED) is 0.103. The van der Waals surface area contributed by atoms with Crippen molar-refractivity contribution in [2.24, 2.45) is 5.11 Å². The Hall–Kier alpha value is -4.88. The van der Waals surface area contributed by atoms with E-state index in [4.69, 9.17) is 27.3 Å². The first-order valence-corrected chi connectivity index (χ1v) is 10.7. The molecule has 4 atom stereocenters. The van der Waals surface area contributed by atoms with Crippen LogP contribution >= 0.6 is 0 Å². The van der Waals surface area contributed by atoms with Crippen molar-refractivity contribution in [3.8, 4) is 0 Å². The summed E-state index contributed by atoms with van der Waals surface area (Å²) in [6.45, 7) is 6.26. The fraction of sp³-hybridized carbons (Fsp3) is 0.333. The molecule has 0 unspecified atom stereocenters. The number of benzene rings is 1. The number of ether oxygens (including phenoxy) is 2. The molecule has 2 aromatic heterocycles. The third-order valence-corrected chi connectivity index (χ3v) is 5.82. The third-order valence-electron chi connectivity index (χ3n) is 5.82. The predicted octanol–water partition coefficient (Wildman–Crippen LogP) is 1.66. The molecular formula is C21H18FN9O7. The van der Waals surface area contributed by atoms with Crippen LogP contribution in [0.4, 0.5) is 21.8 Å². The molecule has 0 aliphatic carbocycles. The summed E-state index contributed by atoms with van der Waals surface area (Å²) in [4.78, 5) is 41.6. The van der Waals surface area contributed by atoms with Crippen molar-refractivity contribution >= 4 is 40.6 Å². The maximum Gasteiger partial charge on any atom is 0.348 e. The van der Waals surface area contributed by atoms with Gasteiger partial charge in [-0.25, -0.2) is 33.8 Å². The van der Waals surface area contributed by atoms with E-state index in [2.05, 4.69) is 29.8 Å². The molecule has 5 N–H and O–H groups in total. The van der Waals surface area contributed by atoms with E-state index < -0.39 is 55.2 Å². The van der Waals surface area contributed by atoms with Gasteiger partial charge in [-0.15, -0.1) is 0 Å². The summed E-state index contributed by atoms with van der Waals surface area (Å²) in [6.07, 6.45) is -6.60. The number of carbonyl (C=O) groups is 2. The number of halogens is 1. The SMILES string of the molecule is [C-]#[N+]c1cccc(CC(OC[C@H]2O[C@@H](n3cnc4c(N)nc(N=[N+]=[N-])nc43)[C@@H](F)[C@@H]2O)(C(=O)O)C(=O)O)c1. The highest BCUT2D eigenvalue weighted by atomic mass is 19.1. The van der Waals surface area contributed by atoms with E-state index in [9.17, 15) is 24.9 Å². The largest absolute Gasteiger partial charge is 0.479 e. The van der Waals surface area contributed by atoms with Crippen molar-refractivity contribution in [3.05, 3.63) is 58.0 Å². The van der Waals surface area contributed by atoms with Gasteiger partial charge in [0.25, 0.3) is 5.60 Å². The molecule has 0 radical (unpaired) electrons. The highest BCUT2D eigenvalue weighted by molar-refractivity contribution is 6.02. The van der Waals surface area contributed by atoms with Crippen molar-refractivity contribution < 1.29 is 38.8 Å². The molecule has 1 aromatic carbocycles. The Bertz CT molecular complexity index is 1490. The fourth-order valence-corrected chi connectivity index (χ4v) is 3.93. The molecule has 1 saturated heterocycles. The van der Waals surface area contributed by atoms with Crippen LogP contribution in [0.3, 0.4) is 0 Å². The Morgan fingerprint density at radius 2 is 2.08 bits per heavy atom. The number of aliphatic hydroxyl groups is 1. The highest BCUT2D eigenvalue weighted by Crippen LogP contribution is 2.35. The molecule has 0 spiro atoms. The first-order chi connectivity index (χ1) is 18.1. The average Bonchev–Trinajstić information content (AvgIpc) is 3.42. The van der Waals surface area contributed by atoms with Gasteiger partial charge in [0.1, 0.15) is 17.7 Å². The second-order valence-electron chi connectivity index (χ2n) is 8.13. The first-order valence-electron chi connectivity index (χ1n) is 10.7. The molecule has 4 rings (SSSR count). The van der Waals surface area contributed by atoms with Gasteiger partial charge in [0.05, 0.1) is 19.5 Å². The molecule has 0 saturated carbocycles. The van der Waals surface area contributed by atoms with E-state index >= 15 is 4.39 Å². The lowest BCUT2D eigenvalue weighted by Crippen LogP contribution is -2.52. The zero-order valence-corrected chi connectivity index (χ0v) is 19.1. The number of alkyl halides is 1. The molecule has 17 heteroatoms. The van der Waals surface area contributed by atoms with E-state index in [1.807, 2.05) is 0 Å². The molecule has 3 heterocycles. The number of nitrogens with two attached hydrogens (primary N) is 1. The minimum Gasteiger partial charge on any atom is -0.479 e. The summed E-state index contributed by atoms with van der Waals surface area (Å²) in [6, 6.07) is 5.65. The van der Waals surface area contributed by atoms with E-state index in [1.165, 1.54) is 24.3 Å². The average molecular weight is 527 g/mol. The summed E-state index contributed by atoms with van der Waals surface area (Å²) in [5, 5.41) is 33.3. The van der Waals surface area contributed by atoms with Crippen LogP contribution in [0, 0.1) is 6.57 Å². The number of nitrogens with zero attached hydrogens (tertiary/aromatic N) is 8. The Labute approximate surface area is 211 Å². The van der Waals surface area contributed by atoms with E-state index in [0.29, 0.717) is 0 Å². The summed E-state index contributed by atoms with van der Waals surface area (Å²) in [5.41, 5.74) is 11.9. The van der Waals surface area contributed by atoms with Crippen molar-refractivity contribution in [3.63, 3.8) is 0 Å². The molecule has 3 aromatic rings. The van der Waals surface area contributed by atoms with E-state index in [-0.39, 0.29) is 34.2 Å². The van der Waals surface area contributed by atoms with Gasteiger partial charge in [0.15, 0.2) is 29.6 Å². The zero-order valence-electron chi connectivity index (χ0n) is 19.1. The smallest absolute Gasteiger partial charge is 0.348 e. The molecule has 1 aliphatic heterocycles. The lowest BCUT2D eigenvalue weighted by molar-refractivity contribution is -0.190. The number of carboxylic acid groups (broad SMARTS) is 2. The number of aliphatic carboxylic acids is 2. The molecule has 0 bridgehead atoms. The summed E-state index contributed by atoms with van der Waals surface area (Å²) in [5.74, 6) is -4.24. The summed E-state index contributed by atoms with van der Waals surface area (Å²) in [7, 11) is 0. The van der Waals surface area contributed by atoms with Gasteiger partial charge in [-0.1, -0.05) is 29.8 Å². The van der Waals surface area contributed by atoms with Gasteiger partial charge in [-0.2, -0.15) is 0 Å². The van der Waals surface area contributed by atoms with Crippen molar-refractivity contribution in [1.82, 2.24) is 19.5 Å². The highest BCUT2D eigenvalue weighted by Gasteiger charge is 2.52. The molecule has 196 valence electrons. The number of azide groups is 1. The van der Waals surface area contributed by atoms with Gasteiger partial charge in [-0.3, -0.25) is 4.57 Å². The third kappa shape index (κ3) is 4.63. The van der Waals surface area contributed by atoms with Crippen LogP contribution < -0.4 is 5.73 Å². The topological polar surface area (TPSA) is 236 Å². The number of rotatable bonds is 9. The van der Waals surface area contributed by atoms with Crippen LogP contribution in [0.15, 0.2) is 35.7 Å². The van der Waals surface area contributed by atoms with Gasteiger partial charge in [-0.05, 0) is 10.6 Å². The Morgan fingerprint density at radius 1 is 1.34 bits per heavy atom. The maximum absolute atomic E-state index is 15.1. The maximum atomic E-state index is 15.1. The monoisotopic (exact) mass is 527 g/mol. The molecule has 0 amide bonds. The minimum atomic E-state index is -2.83. The van der Waals surface area contributed by atoms with Gasteiger partial charge < -0.3 is 30.5 Å². The van der Waals surface area contributed by atoms with E-state index in [1.54, 1.807) is 0 Å². The minimum absolute atomic E-state index is 0.0318. The second-order valence-corrected chi connectivity index (χ2v) is 8.13. The fourth-order valence-electron chi connectivity index (χ4n) is 3.93. The van der Waals surface area contributed by atoms with Gasteiger partial charge in [0, 0.05) is 11.3 Å². The van der Waals surface area contributed by atoms with Crippen LogP contribution in [-0.2, 0) is 25.5 Å². The Morgan fingerprint density at radius 3 is 2.74 bits per heavy atom. The summed E-state index contributed by atoms with van der Waals surface area (Å²) < 4.78 is 27.1. The molecule has 38 heavy (non-hydrogen) atoms. The van der Waals surface area contributed by atoms with Crippen molar-refractivity contribution in [1.29, 1.82) is 0 Å². The number of nitrogen functional groups attached to an aromatic ring is 1. The number of carboxylic acids is 2. The molecule has 1 fully saturated rings. The first kappa shape index (κ1) is 26.2. The molecule has 16 nitrogen and oxygen atoms in total. The van der Waals surface area contributed by atoms with Gasteiger partial charge in [0.2, 0.25) is 5.95 Å². The zero-order chi connectivity index (χ0) is 27.6. The lowest BCUT2D eigenvalue weighted by atomic mass is 9.94. The number of aliphatic hydroxyl groups excluding tert-OH is 1. The van der Waals surface area contributed by atoms with Crippen molar-refractivity contribution in [2.75, 3.05) is 12.3 Å². The number of hydrogen-bond acceptors (Lipinski definition) is 10. The number of fused-ring (bicyclic) bond motifs is 1. The van der Waals surface area contributed by atoms with Crippen molar-refractivity contribution in [2.45, 2.75) is 36.6 Å². The molecular weight excluding hydrogens is 509 g/mol. The Kier molecular flexibility index (Phi) is 7.06. The van der Waals surface area contributed by atoms with Crippen LogP contribution in [0.2, 0.25) is 0 Å². The lowest BCUT2D eigenvalue weighted by Gasteiger charge is -2.27. The summed E-state index contributed by atoms with van der Waals surface area (Å²) >= 11 is 0. The standard InChI is InChI=1S/C21H18FN9O7/c1-25-10-4-2-3-9(5-10)6-21(18(33)34,19(35)36)37-7-11-14(32)12(22)17(38-11)31-8-26-13-15(23)27-20(29-30-24)28-16(13)31/h2-5,8,11-12,14,17,32H,6-7H2,(H,33,34)(H,35,36)(H2,23,27,28)/t11-,12+,14-,17-/m1/s1.